The molecular formula is C8H7BN2O2. The molecule has 0 saturated carbocycles. The number of carbonyl (C=O) groups is 1. The van der Waals surface area contributed by atoms with E-state index < -0.39 is 5.97 Å². The summed E-state index contributed by atoms with van der Waals surface area (Å²) in [7, 11) is 5.42. The van der Waals surface area contributed by atoms with E-state index >= 15 is 0 Å². The van der Waals surface area contributed by atoms with Crippen LogP contribution in [-0.2, 0) is 4.74 Å². The first-order valence-corrected chi connectivity index (χ1v) is 3.74. The van der Waals surface area contributed by atoms with Gasteiger partial charge in [0.1, 0.15) is 25.3 Å². The first-order chi connectivity index (χ1) is 6.19. The van der Waals surface area contributed by atoms with Gasteiger partial charge < -0.3 is 9.72 Å². The summed E-state index contributed by atoms with van der Waals surface area (Å²) in [4.78, 5) is 13.7. The zero-order valence-corrected chi connectivity index (χ0v) is 7.13. The Balaban J connectivity index is 2.92. The molecule has 0 aliphatic rings. The average molecular weight is 174 g/mol. The molecule has 13 heavy (non-hydrogen) atoms. The number of aromatic amines is 1. The lowest BCUT2D eigenvalue weighted by atomic mass is 9.97. The van der Waals surface area contributed by atoms with Gasteiger partial charge in [-0.1, -0.05) is 5.46 Å². The highest BCUT2D eigenvalue weighted by atomic mass is 16.5. The Kier molecular flexibility index (Phi) is 2.75. The molecule has 2 radical (unpaired) electrons. The number of hydrogen-bond acceptors (Lipinski definition) is 3. The molecule has 0 aliphatic heterocycles. The number of nitrogens with zero attached hydrogens (tertiary/aromatic N) is 1. The van der Waals surface area contributed by atoms with Crippen molar-refractivity contribution in [3.8, 4) is 6.07 Å². The number of nitriles is 1. The predicted molar refractivity (Wildman–Crippen MR) is 46.9 cm³/mol. The fraction of sp³-hybridized carbons (Fsp3) is 0.250. The van der Waals surface area contributed by atoms with Crippen LogP contribution in [0.15, 0.2) is 6.07 Å². The molecule has 1 aromatic rings. The second-order valence-electron chi connectivity index (χ2n) is 2.35. The topological polar surface area (TPSA) is 65.9 Å². The lowest BCUT2D eigenvalue weighted by molar-refractivity contribution is 0.0520. The van der Waals surface area contributed by atoms with E-state index in [9.17, 15) is 4.79 Å². The maximum Gasteiger partial charge on any atom is 0.354 e. The van der Waals surface area contributed by atoms with Gasteiger partial charge in [0.05, 0.1) is 6.61 Å². The van der Waals surface area contributed by atoms with E-state index in [-0.39, 0.29) is 16.9 Å². The van der Waals surface area contributed by atoms with Crippen LogP contribution in [0.3, 0.4) is 0 Å². The monoisotopic (exact) mass is 174 g/mol. The molecule has 0 atom stereocenters. The number of ether oxygens (including phenoxy) is 1. The first kappa shape index (κ1) is 9.39. The standard InChI is InChI=1S/C8H7BN2O2/c1-2-13-8(12)6-3-5(9)7(4-10)11-6/h3,11H,2H2,1H3. The molecule has 0 aromatic carbocycles. The van der Waals surface area contributed by atoms with Gasteiger partial charge >= 0.3 is 5.97 Å². The quantitative estimate of drug-likeness (QED) is 0.501. The second-order valence-corrected chi connectivity index (χ2v) is 2.35. The van der Waals surface area contributed by atoms with Gasteiger partial charge in [-0.05, 0) is 13.0 Å². The highest BCUT2D eigenvalue weighted by molar-refractivity contribution is 6.34. The van der Waals surface area contributed by atoms with Crippen molar-refractivity contribution in [1.82, 2.24) is 4.98 Å². The summed E-state index contributed by atoms with van der Waals surface area (Å²) >= 11 is 0. The van der Waals surface area contributed by atoms with E-state index in [1.807, 2.05) is 6.07 Å². The van der Waals surface area contributed by atoms with Gasteiger partial charge in [0.25, 0.3) is 0 Å². The molecule has 0 saturated heterocycles. The Morgan fingerprint density at radius 1 is 1.85 bits per heavy atom. The van der Waals surface area contributed by atoms with Crippen molar-refractivity contribution < 1.29 is 9.53 Å². The van der Waals surface area contributed by atoms with Crippen molar-refractivity contribution in [3.63, 3.8) is 0 Å². The van der Waals surface area contributed by atoms with E-state index in [0.29, 0.717) is 6.61 Å². The second kappa shape index (κ2) is 3.81. The van der Waals surface area contributed by atoms with E-state index in [2.05, 4.69) is 4.98 Å². The summed E-state index contributed by atoms with van der Waals surface area (Å²) in [5.41, 5.74) is 0.643. The summed E-state index contributed by atoms with van der Waals surface area (Å²) in [6, 6.07) is 3.21. The molecule has 64 valence electrons. The van der Waals surface area contributed by atoms with Crippen LogP contribution in [0.5, 0.6) is 0 Å². The zero-order valence-electron chi connectivity index (χ0n) is 7.13. The van der Waals surface area contributed by atoms with Crippen molar-refractivity contribution >= 4 is 19.3 Å². The molecule has 0 bridgehead atoms. The summed E-state index contributed by atoms with van der Waals surface area (Å²) in [5, 5.41) is 8.53. The Morgan fingerprint density at radius 3 is 3.00 bits per heavy atom. The molecule has 1 N–H and O–H groups in total. The van der Waals surface area contributed by atoms with Crippen molar-refractivity contribution in [2.75, 3.05) is 6.61 Å². The molecule has 0 unspecified atom stereocenters. The molecule has 0 amide bonds. The Hall–Kier alpha value is -1.70. The number of hydrogen-bond donors (Lipinski definition) is 1. The Morgan fingerprint density at radius 2 is 2.54 bits per heavy atom. The van der Waals surface area contributed by atoms with Crippen LogP contribution in [0.25, 0.3) is 0 Å². The van der Waals surface area contributed by atoms with Crippen molar-refractivity contribution in [2.24, 2.45) is 0 Å². The molecule has 4 nitrogen and oxygen atoms in total. The van der Waals surface area contributed by atoms with Gasteiger partial charge in [-0.25, -0.2) is 4.79 Å². The number of carbonyl (C=O) groups excluding carboxylic acids is 1. The van der Waals surface area contributed by atoms with Crippen LogP contribution in [0.2, 0.25) is 0 Å². The third kappa shape index (κ3) is 1.91. The molecule has 1 aromatic heterocycles. The van der Waals surface area contributed by atoms with E-state index in [1.165, 1.54) is 6.07 Å². The minimum absolute atomic E-state index is 0.183. The van der Waals surface area contributed by atoms with Crippen LogP contribution >= 0.6 is 0 Å². The summed E-state index contributed by atoms with van der Waals surface area (Å²) < 4.78 is 4.71. The smallest absolute Gasteiger partial charge is 0.354 e. The Bertz CT molecular complexity index is 365. The lowest BCUT2D eigenvalue weighted by Gasteiger charge is -1.96. The van der Waals surface area contributed by atoms with Gasteiger partial charge in [-0.3, -0.25) is 0 Å². The zero-order chi connectivity index (χ0) is 9.84. The van der Waals surface area contributed by atoms with Crippen LogP contribution in [0.1, 0.15) is 23.1 Å². The van der Waals surface area contributed by atoms with E-state index in [0.717, 1.165) is 0 Å². The van der Waals surface area contributed by atoms with E-state index in [1.54, 1.807) is 6.92 Å². The fourth-order valence-electron chi connectivity index (χ4n) is 0.882. The normalized spacial score (nSPS) is 9.23. The highest BCUT2D eigenvalue weighted by Gasteiger charge is 2.10. The number of nitrogens with one attached hydrogen (secondary N) is 1. The van der Waals surface area contributed by atoms with Crippen LogP contribution in [0, 0.1) is 11.3 Å². The van der Waals surface area contributed by atoms with Gasteiger partial charge in [0.2, 0.25) is 0 Å². The summed E-state index contributed by atoms with van der Waals surface area (Å²) in [6.45, 7) is 2.00. The Labute approximate surface area is 76.9 Å². The van der Waals surface area contributed by atoms with E-state index in [4.69, 9.17) is 17.8 Å². The largest absolute Gasteiger partial charge is 0.461 e. The number of esters is 1. The fourth-order valence-corrected chi connectivity index (χ4v) is 0.882. The number of H-pyrrole nitrogens is 1. The van der Waals surface area contributed by atoms with Crippen molar-refractivity contribution in [2.45, 2.75) is 6.92 Å². The molecule has 1 rings (SSSR count). The average Bonchev–Trinajstić information content (AvgIpc) is 2.47. The summed E-state index contributed by atoms with van der Waals surface area (Å²) in [6.07, 6.45) is 0. The molecular weight excluding hydrogens is 167 g/mol. The third-order valence-electron chi connectivity index (χ3n) is 1.46. The van der Waals surface area contributed by atoms with Crippen LogP contribution < -0.4 is 5.46 Å². The highest BCUT2D eigenvalue weighted by Crippen LogP contribution is 1.99. The SMILES string of the molecule is [B]c1cc(C(=O)OCC)[nH]c1C#N. The van der Waals surface area contributed by atoms with Crippen LogP contribution in [0.4, 0.5) is 0 Å². The third-order valence-corrected chi connectivity index (χ3v) is 1.46. The molecule has 0 spiro atoms. The molecule has 0 fully saturated rings. The predicted octanol–water partition coefficient (Wildman–Crippen LogP) is -0.143. The minimum Gasteiger partial charge on any atom is -0.461 e. The van der Waals surface area contributed by atoms with Gasteiger partial charge in [-0.15, -0.1) is 0 Å². The maximum absolute atomic E-state index is 11.1. The van der Waals surface area contributed by atoms with Gasteiger partial charge in [-0.2, -0.15) is 5.26 Å². The first-order valence-electron chi connectivity index (χ1n) is 3.74. The van der Waals surface area contributed by atoms with Gasteiger partial charge in [0.15, 0.2) is 0 Å². The van der Waals surface area contributed by atoms with Crippen LogP contribution in [-0.4, -0.2) is 25.4 Å². The lowest BCUT2D eigenvalue weighted by Crippen LogP contribution is -2.05. The minimum atomic E-state index is -0.504. The molecule has 1 heterocycles. The molecule has 0 aliphatic carbocycles. The number of rotatable bonds is 2. The van der Waals surface area contributed by atoms with Crippen molar-refractivity contribution in [1.29, 1.82) is 5.26 Å². The molecule has 5 heteroatoms. The maximum atomic E-state index is 11.1. The number of aromatic nitrogens is 1. The van der Waals surface area contributed by atoms with Crippen molar-refractivity contribution in [3.05, 3.63) is 17.5 Å². The summed E-state index contributed by atoms with van der Waals surface area (Å²) in [5.74, 6) is -0.504. The van der Waals surface area contributed by atoms with Gasteiger partial charge in [0, 0.05) is 0 Å².